The molecule has 0 saturated carbocycles. The van der Waals surface area contributed by atoms with Crippen LogP contribution < -0.4 is 4.90 Å². The normalized spacial score (nSPS) is 18.5. The zero-order chi connectivity index (χ0) is 23.4. The van der Waals surface area contributed by atoms with E-state index in [1.54, 1.807) is 0 Å². The fourth-order valence-corrected chi connectivity index (χ4v) is 5.23. The summed E-state index contributed by atoms with van der Waals surface area (Å²) in [7, 11) is 0. The number of anilines is 2. The Morgan fingerprint density at radius 3 is 2.64 bits per heavy atom. The molecule has 178 valence electrons. The lowest BCUT2D eigenvalue weighted by Gasteiger charge is -2.33. The van der Waals surface area contributed by atoms with Crippen molar-refractivity contribution in [2.45, 2.75) is 34.9 Å². The Morgan fingerprint density at radius 2 is 1.85 bits per heavy atom. The van der Waals surface area contributed by atoms with Crippen LogP contribution >= 0.6 is 11.8 Å². The zero-order valence-corrected chi connectivity index (χ0v) is 18.7. The van der Waals surface area contributed by atoms with E-state index >= 15 is 0 Å². The number of alkyl halides is 3. The van der Waals surface area contributed by atoms with Gasteiger partial charge in [-0.25, -0.2) is 4.79 Å². The quantitative estimate of drug-likeness (QED) is 0.414. The molecule has 33 heavy (non-hydrogen) atoms. The lowest BCUT2D eigenvalue weighted by molar-refractivity contribution is -0.137. The summed E-state index contributed by atoms with van der Waals surface area (Å²) in [5.41, 5.74) is 0.722. The Kier molecular flexibility index (Phi) is 7.35. The molecule has 1 fully saturated rings. The van der Waals surface area contributed by atoms with Gasteiger partial charge in [-0.1, -0.05) is 23.9 Å². The smallest absolute Gasteiger partial charge is 0.450 e. The Balaban J connectivity index is 1.36. The van der Waals surface area contributed by atoms with Crippen LogP contribution in [0.5, 0.6) is 0 Å². The predicted octanol–water partition coefficient (Wildman–Crippen LogP) is 5.48. The maximum Gasteiger partial charge on any atom is 0.506 e. The van der Waals surface area contributed by atoms with Gasteiger partial charge in [-0.3, -0.25) is 4.90 Å². The lowest BCUT2D eigenvalue weighted by atomic mass is 10.1. The van der Waals surface area contributed by atoms with Crippen molar-refractivity contribution in [2.75, 3.05) is 44.3 Å². The van der Waals surface area contributed by atoms with Gasteiger partial charge >= 0.3 is 12.3 Å². The number of fused-ring (bicyclic) bond motifs is 2. The number of hydrogen-bond acceptors (Lipinski definition) is 6. The molecule has 6 nitrogen and oxygen atoms in total. The fourth-order valence-electron chi connectivity index (χ4n) is 4.15. The Hall–Kier alpha value is -2.43. The molecule has 1 N–H and O–H groups in total. The number of ether oxygens (including phenoxy) is 2. The lowest BCUT2D eigenvalue weighted by Crippen LogP contribution is -2.42. The second-order valence-electron chi connectivity index (χ2n) is 7.96. The van der Waals surface area contributed by atoms with E-state index in [0.717, 1.165) is 40.9 Å². The molecule has 2 aliphatic heterocycles. The van der Waals surface area contributed by atoms with Crippen LogP contribution in [0.1, 0.15) is 18.4 Å². The van der Waals surface area contributed by atoms with E-state index in [0.29, 0.717) is 38.5 Å². The van der Waals surface area contributed by atoms with Crippen molar-refractivity contribution in [3.05, 3.63) is 48.0 Å². The fraction of sp³-hybridized carbons (Fsp3) is 0.435. The molecule has 2 aliphatic rings. The van der Waals surface area contributed by atoms with E-state index < -0.39 is 17.9 Å². The summed E-state index contributed by atoms with van der Waals surface area (Å²) in [5.74, 6) is 0. The number of nitrogens with zero attached hydrogens (tertiary/aromatic N) is 2. The van der Waals surface area contributed by atoms with Crippen molar-refractivity contribution in [1.29, 1.82) is 0 Å². The van der Waals surface area contributed by atoms with Gasteiger partial charge in [0.15, 0.2) is 0 Å². The summed E-state index contributed by atoms with van der Waals surface area (Å²) in [5, 5.41) is 8.79. The average Bonchev–Trinajstić information content (AvgIpc) is 2.77. The SMILES string of the molecule is O=C(O)O[C@H]1CCCN(CCOCCN2c3ccccc3Sc3ccc(C(F)(F)F)cc32)C1. The molecule has 0 radical (unpaired) electrons. The summed E-state index contributed by atoms with van der Waals surface area (Å²) < 4.78 is 50.6. The molecule has 2 heterocycles. The van der Waals surface area contributed by atoms with Crippen LogP contribution in [0.3, 0.4) is 0 Å². The maximum absolute atomic E-state index is 13.3. The van der Waals surface area contributed by atoms with Crippen LogP contribution in [-0.2, 0) is 15.7 Å². The summed E-state index contributed by atoms with van der Waals surface area (Å²) in [6.45, 7) is 3.24. The molecule has 10 heteroatoms. The van der Waals surface area contributed by atoms with Crippen molar-refractivity contribution < 1.29 is 32.5 Å². The number of hydrogen-bond donors (Lipinski definition) is 1. The topological polar surface area (TPSA) is 62.2 Å². The number of carbonyl (C=O) groups is 1. The standard InChI is InChI=1S/C23H25F3N2O4S/c24-23(25,26)16-7-8-21-19(14-16)28(18-5-1-2-6-20(18)33-21)11-13-31-12-10-27-9-3-4-17(15-27)32-22(29)30/h1-2,5-8,14,17H,3-4,9-13,15H2,(H,29,30)/t17-/m0/s1. The van der Waals surface area contributed by atoms with Crippen molar-refractivity contribution in [1.82, 2.24) is 4.90 Å². The number of likely N-dealkylation sites (tertiary alicyclic amines) is 1. The monoisotopic (exact) mass is 482 g/mol. The highest BCUT2D eigenvalue weighted by atomic mass is 32.2. The van der Waals surface area contributed by atoms with Gasteiger partial charge in [-0.2, -0.15) is 13.2 Å². The first-order valence-electron chi connectivity index (χ1n) is 10.8. The highest BCUT2D eigenvalue weighted by molar-refractivity contribution is 7.99. The van der Waals surface area contributed by atoms with Crippen LogP contribution in [0.2, 0.25) is 0 Å². The van der Waals surface area contributed by atoms with Gasteiger partial charge in [0, 0.05) is 29.4 Å². The third kappa shape index (κ3) is 5.93. The Morgan fingerprint density at radius 1 is 1.09 bits per heavy atom. The summed E-state index contributed by atoms with van der Waals surface area (Å²) in [6.07, 6.45) is -4.41. The molecular formula is C23H25F3N2O4S. The first-order chi connectivity index (χ1) is 15.8. The first-order valence-corrected chi connectivity index (χ1v) is 11.6. The number of rotatable bonds is 7. The van der Waals surface area contributed by atoms with E-state index in [2.05, 4.69) is 4.90 Å². The van der Waals surface area contributed by atoms with Gasteiger partial charge in [0.2, 0.25) is 0 Å². The van der Waals surface area contributed by atoms with E-state index in [1.807, 2.05) is 29.2 Å². The number of piperidine rings is 1. The molecule has 0 aromatic heterocycles. The largest absolute Gasteiger partial charge is 0.506 e. The molecule has 1 saturated heterocycles. The summed E-state index contributed by atoms with van der Waals surface area (Å²) in [4.78, 5) is 16.5. The van der Waals surface area contributed by atoms with E-state index in [1.165, 1.54) is 23.9 Å². The van der Waals surface area contributed by atoms with Gasteiger partial charge < -0.3 is 19.5 Å². The van der Waals surface area contributed by atoms with Crippen LogP contribution in [0.25, 0.3) is 0 Å². The molecule has 0 spiro atoms. The zero-order valence-electron chi connectivity index (χ0n) is 17.9. The summed E-state index contributed by atoms with van der Waals surface area (Å²) in [6, 6.07) is 11.5. The van der Waals surface area contributed by atoms with Crippen LogP contribution in [-0.4, -0.2) is 61.7 Å². The number of benzene rings is 2. The summed E-state index contributed by atoms with van der Waals surface area (Å²) >= 11 is 1.46. The molecule has 2 aromatic carbocycles. The minimum Gasteiger partial charge on any atom is -0.450 e. The number of para-hydroxylation sites is 1. The minimum absolute atomic E-state index is 0.321. The van der Waals surface area contributed by atoms with Crippen LogP contribution in [0.4, 0.5) is 29.3 Å². The highest BCUT2D eigenvalue weighted by Crippen LogP contribution is 2.49. The van der Waals surface area contributed by atoms with Crippen LogP contribution in [0, 0.1) is 0 Å². The van der Waals surface area contributed by atoms with Crippen molar-refractivity contribution >= 4 is 29.3 Å². The average molecular weight is 483 g/mol. The Bertz CT molecular complexity index is 988. The molecule has 0 aliphatic carbocycles. The molecule has 4 rings (SSSR count). The predicted molar refractivity (Wildman–Crippen MR) is 118 cm³/mol. The maximum atomic E-state index is 13.3. The van der Waals surface area contributed by atoms with E-state index in [4.69, 9.17) is 14.6 Å². The van der Waals surface area contributed by atoms with Crippen molar-refractivity contribution in [2.24, 2.45) is 0 Å². The minimum atomic E-state index is -4.41. The van der Waals surface area contributed by atoms with Gasteiger partial charge in [0.1, 0.15) is 6.10 Å². The van der Waals surface area contributed by atoms with Gasteiger partial charge in [-0.05, 0) is 49.7 Å². The molecular weight excluding hydrogens is 457 g/mol. The third-order valence-electron chi connectivity index (χ3n) is 5.69. The van der Waals surface area contributed by atoms with Gasteiger partial charge in [0.25, 0.3) is 0 Å². The molecule has 0 amide bonds. The molecule has 0 unspecified atom stereocenters. The second kappa shape index (κ2) is 10.2. The second-order valence-corrected chi connectivity index (χ2v) is 9.05. The van der Waals surface area contributed by atoms with Crippen LogP contribution in [0.15, 0.2) is 52.3 Å². The van der Waals surface area contributed by atoms with Crippen molar-refractivity contribution in [3.63, 3.8) is 0 Å². The van der Waals surface area contributed by atoms with Gasteiger partial charge in [-0.15, -0.1) is 0 Å². The first kappa shape index (κ1) is 23.7. The van der Waals surface area contributed by atoms with E-state index in [9.17, 15) is 18.0 Å². The van der Waals surface area contributed by atoms with E-state index in [-0.39, 0.29) is 6.10 Å². The molecule has 0 bridgehead atoms. The Labute approximate surface area is 194 Å². The number of halogens is 3. The molecule has 2 aromatic rings. The number of carboxylic acid groups (broad SMARTS) is 1. The third-order valence-corrected chi connectivity index (χ3v) is 6.82. The van der Waals surface area contributed by atoms with Crippen molar-refractivity contribution in [3.8, 4) is 0 Å². The van der Waals surface area contributed by atoms with Gasteiger partial charge in [0.05, 0.1) is 30.2 Å². The highest BCUT2D eigenvalue weighted by Gasteiger charge is 2.33. The molecule has 1 atom stereocenters.